The Morgan fingerprint density at radius 3 is 2.34 bits per heavy atom. The Bertz CT molecular complexity index is 1250. The zero-order chi connectivity index (χ0) is 25.8. The summed E-state index contributed by atoms with van der Waals surface area (Å²) < 4.78 is 68.9. The molecule has 0 radical (unpaired) electrons. The molecular formula is C25H28BrF3N2O3S. The minimum atomic E-state index is -4.22. The van der Waals surface area contributed by atoms with Gasteiger partial charge in [-0.15, -0.1) is 0 Å². The van der Waals surface area contributed by atoms with Gasteiger partial charge in [-0.05, 0) is 88.4 Å². The first-order valence-electron chi connectivity index (χ1n) is 11.4. The summed E-state index contributed by atoms with van der Waals surface area (Å²) in [6, 6.07) is 11.3. The molecule has 5 nitrogen and oxygen atoms in total. The average molecular weight is 573 g/mol. The largest absolute Gasteiger partial charge is 0.391 e. The highest BCUT2D eigenvalue weighted by molar-refractivity contribution is 9.10. The number of amides is 1. The lowest BCUT2D eigenvalue weighted by atomic mass is 9.67. The second-order valence-electron chi connectivity index (χ2n) is 10.5. The van der Waals surface area contributed by atoms with Gasteiger partial charge in [-0.1, -0.05) is 22.0 Å². The Labute approximate surface area is 212 Å². The monoisotopic (exact) mass is 572 g/mol. The van der Waals surface area contributed by atoms with E-state index in [1.807, 2.05) is 6.07 Å². The van der Waals surface area contributed by atoms with Crippen molar-refractivity contribution in [3.8, 4) is 0 Å². The standard InChI is InChI=1S/C25H28BrF3N2O3S/c1-23(2,3)30-35(33,34)19-6-4-5-16(13-19)22(32)31-15-24(20-14-18(26)7-8-21(20)31)11-9-17(10-12-24)25(27,28)29/h4-8,13-14,17,30H,9-12,15H2,1-3H3/t17-,24-. The number of carbonyl (C=O) groups excluding carboxylic acids is 1. The third-order valence-electron chi connectivity index (χ3n) is 6.76. The molecule has 4 rings (SSSR count). The second kappa shape index (κ2) is 8.88. The van der Waals surface area contributed by atoms with Gasteiger partial charge < -0.3 is 4.90 Å². The van der Waals surface area contributed by atoms with E-state index in [0.29, 0.717) is 18.5 Å². The molecule has 1 amide bonds. The van der Waals surface area contributed by atoms with Crippen LogP contribution in [0.1, 0.15) is 62.4 Å². The van der Waals surface area contributed by atoms with Crippen LogP contribution < -0.4 is 9.62 Å². The smallest absolute Gasteiger partial charge is 0.307 e. The lowest BCUT2D eigenvalue weighted by molar-refractivity contribution is -0.184. The van der Waals surface area contributed by atoms with Crippen LogP contribution in [-0.2, 0) is 15.4 Å². The third kappa shape index (κ3) is 5.29. The van der Waals surface area contributed by atoms with E-state index in [9.17, 15) is 26.4 Å². The molecule has 1 spiro atoms. The maximum Gasteiger partial charge on any atom is 0.391 e. The van der Waals surface area contributed by atoms with Crippen molar-refractivity contribution >= 4 is 37.5 Å². The highest BCUT2D eigenvalue weighted by atomic mass is 79.9. The van der Waals surface area contributed by atoms with Crippen LogP contribution in [0.25, 0.3) is 0 Å². The van der Waals surface area contributed by atoms with Gasteiger partial charge in [-0.25, -0.2) is 13.1 Å². The molecule has 0 saturated heterocycles. The Hall–Kier alpha value is -1.91. The van der Waals surface area contributed by atoms with Crippen molar-refractivity contribution in [3.05, 3.63) is 58.1 Å². The molecule has 0 unspecified atom stereocenters. The highest BCUT2D eigenvalue weighted by Crippen LogP contribution is 2.53. The number of nitrogens with one attached hydrogen (secondary N) is 1. The van der Waals surface area contributed by atoms with Crippen LogP contribution in [0.3, 0.4) is 0 Å². The van der Waals surface area contributed by atoms with E-state index in [0.717, 1.165) is 10.0 Å². The van der Waals surface area contributed by atoms with Gasteiger partial charge >= 0.3 is 6.18 Å². The number of halogens is 4. The SMILES string of the molecule is CC(C)(C)NS(=O)(=O)c1cccc(C(=O)N2C[C@]3(CC[C@@H](C(F)(F)F)CC3)c3cc(Br)ccc32)c1. The number of rotatable bonds is 3. The topological polar surface area (TPSA) is 66.5 Å². The van der Waals surface area contributed by atoms with Crippen molar-refractivity contribution in [1.82, 2.24) is 4.72 Å². The maximum atomic E-state index is 13.6. The summed E-state index contributed by atoms with van der Waals surface area (Å²) in [7, 11) is -3.84. The number of anilines is 1. The Morgan fingerprint density at radius 2 is 1.74 bits per heavy atom. The molecular weight excluding hydrogens is 545 g/mol. The van der Waals surface area contributed by atoms with Crippen molar-refractivity contribution in [2.24, 2.45) is 5.92 Å². The average Bonchev–Trinajstić information content (AvgIpc) is 3.04. The normalized spacial score (nSPS) is 22.9. The lowest BCUT2D eigenvalue weighted by Crippen LogP contribution is -2.42. The van der Waals surface area contributed by atoms with E-state index in [-0.39, 0.29) is 35.8 Å². The van der Waals surface area contributed by atoms with E-state index in [2.05, 4.69) is 20.7 Å². The van der Waals surface area contributed by atoms with Gasteiger partial charge in [0.2, 0.25) is 10.0 Å². The van der Waals surface area contributed by atoms with Crippen LogP contribution in [0.5, 0.6) is 0 Å². The molecule has 190 valence electrons. The van der Waals surface area contributed by atoms with E-state index in [4.69, 9.17) is 0 Å². The van der Waals surface area contributed by atoms with Gasteiger partial charge in [0.05, 0.1) is 10.8 Å². The summed E-state index contributed by atoms with van der Waals surface area (Å²) in [5.74, 6) is -1.71. The number of sulfonamides is 1. The van der Waals surface area contributed by atoms with Crippen molar-refractivity contribution in [2.75, 3.05) is 11.4 Å². The molecule has 2 aromatic carbocycles. The third-order valence-corrected chi connectivity index (χ3v) is 9.01. The van der Waals surface area contributed by atoms with Gasteiger partial charge in [0.25, 0.3) is 5.91 Å². The van der Waals surface area contributed by atoms with Crippen LogP contribution in [0.4, 0.5) is 18.9 Å². The Morgan fingerprint density at radius 1 is 1.09 bits per heavy atom. The zero-order valence-corrected chi connectivity index (χ0v) is 22.1. The molecule has 1 fully saturated rings. The summed E-state index contributed by atoms with van der Waals surface area (Å²) in [6.45, 7) is 5.45. The Balaban J connectivity index is 1.66. The Kier molecular flexibility index (Phi) is 6.64. The van der Waals surface area contributed by atoms with Gasteiger partial charge in [-0.2, -0.15) is 13.2 Å². The summed E-state index contributed by atoms with van der Waals surface area (Å²) in [5.41, 5.74) is 0.468. The number of hydrogen-bond acceptors (Lipinski definition) is 3. The molecule has 35 heavy (non-hydrogen) atoms. The van der Waals surface area contributed by atoms with Crippen molar-refractivity contribution in [1.29, 1.82) is 0 Å². The van der Waals surface area contributed by atoms with E-state index in [1.54, 1.807) is 43.9 Å². The summed E-state index contributed by atoms with van der Waals surface area (Å²) >= 11 is 3.46. The summed E-state index contributed by atoms with van der Waals surface area (Å²) in [4.78, 5) is 15.2. The number of benzene rings is 2. The van der Waals surface area contributed by atoms with Crippen LogP contribution in [0.2, 0.25) is 0 Å². The van der Waals surface area contributed by atoms with E-state index >= 15 is 0 Å². The van der Waals surface area contributed by atoms with Crippen molar-refractivity contribution in [2.45, 2.75) is 68.5 Å². The van der Waals surface area contributed by atoms with Gasteiger partial charge in [0.1, 0.15) is 0 Å². The zero-order valence-electron chi connectivity index (χ0n) is 19.7. The highest BCUT2D eigenvalue weighted by Gasteiger charge is 2.51. The molecule has 2 aliphatic rings. The first-order valence-corrected chi connectivity index (χ1v) is 13.7. The number of carbonyl (C=O) groups is 1. The molecule has 10 heteroatoms. The summed E-state index contributed by atoms with van der Waals surface area (Å²) in [5, 5.41) is 0. The van der Waals surface area contributed by atoms with Gasteiger partial charge in [0, 0.05) is 33.2 Å². The summed E-state index contributed by atoms with van der Waals surface area (Å²) in [6.07, 6.45) is -3.53. The number of alkyl halides is 3. The fourth-order valence-electron chi connectivity index (χ4n) is 5.16. The van der Waals surface area contributed by atoms with Crippen molar-refractivity contribution < 1.29 is 26.4 Å². The molecule has 0 bridgehead atoms. The number of nitrogens with zero attached hydrogens (tertiary/aromatic N) is 1. The molecule has 1 saturated carbocycles. The first kappa shape index (κ1) is 26.2. The van der Waals surface area contributed by atoms with Crippen molar-refractivity contribution in [3.63, 3.8) is 0 Å². The van der Waals surface area contributed by atoms with Crippen LogP contribution in [0, 0.1) is 5.92 Å². The van der Waals surface area contributed by atoms with E-state index < -0.39 is 33.1 Å². The van der Waals surface area contributed by atoms with E-state index in [1.165, 1.54) is 18.2 Å². The number of fused-ring (bicyclic) bond motifs is 2. The predicted octanol–water partition coefficient (Wildman–Crippen LogP) is 6.18. The first-order chi connectivity index (χ1) is 16.1. The molecule has 1 aliphatic carbocycles. The predicted molar refractivity (Wildman–Crippen MR) is 132 cm³/mol. The fourth-order valence-corrected chi connectivity index (χ4v) is 6.99. The molecule has 2 aromatic rings. The molecule has 1 heterocycles. The van der Waals surface area contributed by atoms with Gasteiger partial charge in [-0.3, -0.25) is 4.79 Å². The quantitative estimate of drug-likeness (QED) is 0.477. The maximum absolute atomic E-state index is 13.6. The fraction of sp³-hybridized carbons (Fsp3) is 0.480. The van der Waals surface area contributed by atoms with Gasteiger partial charge in [0.15, 0.2) is 0 Å². The number of hydrogen-bond donors (Lipinski definition) is 1. The van der Waals surface area contributed by atoms with Crippen LogP contribution >= 0.6 is 15.9 Å². The second-order valence-corrected chi connectivity index (χ2v) is 13.1. The lowest BCUT2D eigenvalue weighted by Gasteiger charge is -2.38. The van der Waals surface area contributed by atoms with Crippen LogP contribution in [-0.4, -0.2) is 32.6 Å². The minimum absolute atomic E-state index is 0.0175. The molecule has 0 atom stereocenters. The van der Waals surface area contributed by atoms with Crippen LogP contribution in [0.15, 0.2) is 51.8 Å². The molecule has 0 aromatic heterocycles. The minimum Gasteiger partial charge on any atom is -0.307 e. The molecule has 1 N–H and O–H groups in total. The molecule has 1 aliphatic heterocycles.